The van der Waals surface area contributed by atoms with E-state index in [1.54, 1.807) is 11.8 Å². The van der Waals surface area contributed by atoms with Gasteiger partial charge in [0.1, 0.15) is 0 Å². The number of rotatable bonds is 4. The van der Waals surface area contributed by atoms with E-state index in [1.807, 2.05) is 0 Å². The fourth-order valence-electron chi connectivity index (χ4n) is 2.85. The molecule has 120 valence electrons. The van der Waals surface area contributed by atoms with Crippen LogP contribution >= 0.6 is 11.8 Å². The second-order valence-electron chi connectivity index (χ2n) is 6.42. The third-order valence-electron chi connectivity index (χ3n) is 5.06. The monoisotopic (exact) mass is 316 g/mol. The molecule has 1 unspecified atom stereocenters. The Labute approximate surface area is 139 Å². The normalized spacial score (nSPS) is 28.1. The van der Waals surface area contributed by atoms with E-state index in [0.29, 0.717) is 6.04 Å². The van der Waals surface area contributed by atoms with Crippen LogP contribution in [0, 0.1) is 0 Å². The number of dihydropyridines is 1. The Bertz CT molecular complexity index is 619. The van der Waals surface area contributed by atoms with Gasteiger partial charge in [0, 0.05) is 16.5 Å². The Morgan fingerprint density at radius 2 is 1.95 bits per heavy atom. The van der Waals surface area contributed by atoms with E-state index in [9.17, 15) is 0 Å². The molecule has 0 N–H and O–H groups in total. The summed E-state index contributed by atoms with van der Waals surface area (Å²) >= 11 is 1.77. The molecule has 0 saturated carbocycles. The van der Waals surface area contributed by atoms with Crippen molar-refractivity contribution in [3.8, 4) is 0 Å². The van der Waals surface area contributed by atoms with Gasteiger partial charge >= 0.3 is 0 Å². The van der Waals surface area contributed by atoms with Gasteiger partial charge < -0.3 is 0 Å². The lowest BCUT2D eigenvalue weighted by Crippen LogP contribution is -2.32. The summed E-state index contributed by atoms with van der Waals surface area (Å²) in [5.41, 5.74) is 6.18. The molecule has 3 heteroatoms. The van der Waals surface area contributed by atoms with E-state index < -0.39 is 0 Å². The molecule has 2 nitrogen and oxygen atoms in total. The summed E-state index contributed by atoms with van der Waals surface area (Å²) < 4.78 is 0. The van der Waals surface area contributed by atoms with Crippen molar-refractivity contribution in [3.63, 3.8) is 0 Å². The van der Waals surface area contributed by atoms with Crippen molar-refractivity contribution in [1.29, 1.82) is 0 Å². The van der Waals surface area contributed by atoms with Gasteiger partial charge in [0.15, 0.2) is 0 Å². The molecule has 0 amide bonds. The molecule has 1 heterocycles. The lowest BCUT2D eigenvalue weighted by molar-refractivity contribution is 0.526. The van der Waals surface area contributed by atoms with Crippen molar-refractivity contribution < 1.29 is 0 Å². The molecule has 2 aliphatic rings. The van der Waals surface area contributed by atoms with E-state index in [-0.39, 0.29) is 5.54 Å². The molecule has 0 aromatic heterocycles. The number of allylic oxidation sites excluding steroid dienone is 5. The molecular formula is C19H28N2S. The Morgan fingerprint density at radius 1 is 1.27 bits per heavy atom. The SMILES string of the molecule is CC[C@@H](C)N=C1C=C(SC)C2=NC(C)(CC)C(C)=C(C)C2=C1. The van der Waals surface area contributed by atoms with E-state index in [0.717, 1.165) is 24.3 Å². The summed E-state index contributed by atoms with van der Waals surface area (Å²) in [5, 5.41) is 0. The minimum atomic E-state index is -0.0725. The molecule has 0 spiro atoms. The quantitative estimate of drug-likeness (QED) is 0.640. The number of hydrogen-bond acceptors (Lipinski definition) is 3. The van der Waals surface area contributed by atoms with Crippen LogP contribution in [0.4, 0.5) is 0 Å². The molecule has 0 saturated heterocycles. The van der Waals surface area contributed by atoms with Gasteiger partial charge in [-0.05, 0) is 70.1 Å². The van der Waals surface area contributed by atoms with Crippen LogP contribution in [-0.4, -0.2) is 29.3 Å². The first-order valence-electron chi connectivity index (χ1n) is 8.20. The van der Waals surface area contributed by atoms with E-state index in [2.05, 4.69) is 60.0 Å². The van der Waals surface area contributed by atoms with Crippen LogP contribution in [0.15, 0.2) is 43.8 Å². The Morgan fingerprint density at radius 3 is 2.50 bits per heavy atom. The topological polar surface area (TPSA) is 24.7 Å². The zero-order chi connectivity index (χ0) is 16.5. The number of hydrogen-bond donors (Lipinski definition) is 0. The summed E-state index contributed by atoms with van der Waals surface area (Å²) in [4.78, 5) is 11.2. The van der Waals surface area contributed by atoms with Gasteiger partial charge in [-0.2, -0.15) is 0 Å². The van der Waals surface area contributed by atoms with Gasteiger partial charge in [-0.15, -0.1) is 11.8 Å². The first-order valence-corrected chi connectivity index (χ1v) is 9.42. The molecule has 0 fully saturated rings. The third-order valence-corrected chi connectivity index (χ3v) is 5.81. The molecular weight excluding hydrogens is 288 g/mol. The molecule has 22 heavy (non-hydrogen) atoms. The molecule has 2 rings (SSSR count). The minimum Gasteiger partial charge on any atom is -0.282 e. The molecule has 0 bridgehead atoms. The maximum Gasteiger partial charge on any atom is 0.0797 e. The molecule has 0 aromatic rings. The smallest absolute Gasteiger partial charge is 0.0797 e. The third kappa shape index (κ3) is 3.01. The van der Waals surface area contributed by atoms with Gasteiger partial charge in [-0.25, -0.2) is 0 Å². The first kappa shape index (κ1) is 17.3. The van der Waals surface area contributed by atoms with Crippen LogP contribution in [0.2, 0.25) is 0 Å². The van der Waals surface area contributed by atoms with Crippen LogP contribution in [0.1, 0.15) is 54.4 Å². The van der Waals surface area contributed by atoms with Gasteiger partial charge in [-0.3, -0.25) is 9.98 Å². The fraction of sp³-hybridized carbons (Fsp3) is 0.579. The van der Waals surface area contributed by atoms with Crippen molar-refractivity contribution in [2.75, 3.05) is 6.26 Å². The van der Waals surface area contributed by atoms with Crippen molar-refractivity contribution in [2.45, 2.75) is 66.0 Å². The highest BCUT2D eigenvalue weighted by atomic mass is 32.2. The van der Waals surface area contributed by atoms with Gasteiger partial charge in [0.05, 0.1) is 17.0 Å². The number of nitrogens with zero attached hydrogens (tertiary/aromatic N) is 2. The number of thioether (sulfide) groups is 1. The zero-order valence-electron chi connectivity index (χ0n) is 14.9. The maximum atomic E-state index is 5.12. The molecule has 0 aromatic carbocycles. The second-order valence-corrected chi connectivity index (χ2v) is 7.27. The number of aliphatic imine (C=N–C) groups is 2. The van der Waals surface area contributed by atoms with Crippen molar-refractivity contribution in [1.82, 2.24) is 0 Å². The molecule has 2 atom stereocenters. The Kier molecular flexibility index (Phi) is 5.16. The van der Waals surface area contributed by atoms with Crippen LogP contribution < -0.4 is 0 Å². The van der Waals surface area contributed by atoms with E-state index in [4.69, 9.17) is 9.98 Å². The van der Waals surface area contributed by atoms with Gasteiger partial charge in [0.25, 0.3) is 0 Å². The van der Waals surface area contributed by atoms with Crippen molar-refractivity contribution >= 4 is 23.2 Å². The molecule has 1 aliphatic carbocycles. The summed E-state index contributed by atoms with van der Waals surface area (Å²) in [5.74, 6) is 0. The maximum absolute atomic E-state index is 5.12. The van der Waals surface area contributed by atoms with Crippen LogP contribution in [0.25, 0.3) is 0 Å². The zero-order valence-corrected chi connectivity index (χ0v) is 15.8. The average Bonchev–Trinajstić information content (AvgIpc) is 2.52. The first-order chi connectivity index (χ1) is 10.4. The largest absolute Gasteiger partial charge is 0.282 e. The van der Waals surface area contributed by atoms with E-state index >= 15 is 0 Å². The predicted octanol–water partition coefficient (Wildman–Crippen LogP) is 5.37. The number of fused-ring (bicyclic) bond motifs is 1. The highest BCUT2D eigenvalue weighted by Gasteiger charge is 2.34. The Hall–Kier alpha value is -1.09. The summed E-state index contributed by atoms with van der Waals surface area (Å²) in [6.45, 7) is 13.3. The summed E-state index contributed by atoms with van der Waals surface area (Å²) in [6, 6.07) is 0.361. The standard InChI is InChI=1S/C19H28N2S/c1-8-12(3)20-15-10-16-13(4)14(5)19(6,9-2)21-18(16)17(11-15)22-7/h10-12H,8-9H2,1-7H3/t12-,19?/m1/s1. The van der Waals surface area contributed by atoms with Gasteiger partial charge in [-0.1, -0.05) is 13.8 Å². The lowest BCUT2D eigenvalue weighted by atomic mass is 9.79. The summed E-state index contributed by atoms with van der Waals surface area (Å²) in [7, 11) is 0. The van der Waals surface area contributed by atoms with Crippen molar-refractivity contribution in [3.05, 3.63) is 33.8 Å². The van der Waals surface area contributed by atoms with E-state index in [1.165, 1.54) is 21.6 Å². The molecule has 1 aliphatic heterocycles. The second kappa shape index (κ2) is 6.57. The molecule has 0 radical (unpaired) electrons. The Balaban J connectivity index is 2.58. The van der Waals surface area contributed by atoms with Crippen LogP contribution in [0.3, 0.4) is 0 Å². The lowest BCUT2D eigenvalue weighted by Gasteiger charge is -2.35. The van der Waals surface area contributed by atoms with Crippen LogP contribution in [-0.2, 0) is 0 Å². The van der Waals surface area contributed by atoms with Crippen LogP contribution in [0.5, 0.6) is 0 Å². The minimum absolute atomic E-state index is 0.0725. The predicted molar refractivity (Wildman–Crippen MR) is 101 cm³/mol. The van der Waals surface area contributed by atoms with Gasteiger partial charge in [0.2, 0.25) is 0 Å². The highest BCUT2D eigenvalue weighted by molar-refractivity contribution is 8.03. The fourth-order valence-corrected chi connectivity index (χ4v) is 3.44. The summed E-state index contributed by atoms with van der Waals surface area (Å²) in [6.07, 6.45) is 8.64. The van der Waals surface area contributed by atoms with Crippen molar-refractivity contribution in [2.24, 2.45) is 9.98 Å². The average molecular weight is 317 g/mol. The highest BCUT2D eigenvalue weighted by Crippen LogP contribution is 2.40.